The van der Waals surface area contributed by atoms with Crippen LogP contribution in [0.15, 0.2) is 76.9 Å². The minimum absolute atomic E-state index is 0.134. The standard InChI is InChI=1S/C25H15Cl2FN4O3S2/c26-16-6-5-14(11-17(16)27)20-19(21(33)13-7-9-29-10-8-13)22(34)23(35)32(20)24-30-31-25(37-24)36-12-15-3-1-2-4-18(15)28/h1-11,20,33H,12H2/b21-19+. The molecule has 0 saturated carbocycles. The van der Waals surface area contributed by atoms with E-state index in [0.717, 1.165) is 11.3 Å². The average molecular weight is 573 g/mol. The molecular weight excluding hydrogens is 558 g/mol. The van der Waals surface area contributed by atoms with Crippen LogP contribution in [0.3, 0.4) is 0 Å². The average Bonchev–Trinajstić information content (AvgIpc) is 3.47. The molecular formula is C25H15Cl2FN4O3S2. The van der Waals surface area contributed by atoms with Gasteiger partial charge in [0, 0.05) is 23.7 Å². The smallest absolute Gasteiger partial charge is 0.301 e. The molecule has 2 aromatic carbocycles. The van der Waals surface area contributed by atoms with Crippen molar-refractivity contribution in [1.82, 2.24) is 15.2 Å². The zero-order valence-corrected chi connectivity index (χ0v) is 21.8. The van der Waals surface area contributed by atoms with Crippen LogP contribution < -0.4 is 4.90 Å². The molecule has 1 atom stereocenters. The molecule has 1 N–H and O–H groups in total. The van der Waals surface area contributed by atoms with Crippen molar-refractivity contribution in [3.05, 3.63) is 105 Å². The van der Waals surface area contributed by atoms with Crippen LogP contribution in [0, 0.1) is 5.82 Å². The number of hydrogen-bond acceptors (Lipinski definition) is 8. The van der Waals surface area contributed by atoms with Crippen LogP contribution >= 0.6 is 46.3 Å². The second kappa shape index (κ2) is 10.6. The van der Waals surface area contributed by atoms with E-state index in [2.05, 4.69) is 15.2 Å². The first-order chi connectivity index (χ1) is 17.8. The maximum atomic E-state index is 14.0. The lowest BCUT2D eigenvalue weighted by molar-refractivity contribution is -0.132. The van der Waals surface area contributed by atoms with Gasteiger partial charge in [-0.15, -0.1) is 10.2 Å². The van der Waals surface area contributed by atoms with E-state index in [1.807, 2.05) is 0 Å². The fourth-order valence-corrected chi connectivity index (χ4v) is 5.97. The number of nitrogens with zero attached hydrogens (tertiary/aromatic N) is 4. The Bertz CT molecular complexity index is 1550. The van der Waals surface area contributed by atoms with Gasteiger partial charge in [-0.1, -0.05) is 70.6 Å². The summed E-state index contributed by atoms with van der Waals surface area (Å²) in [4.78, 5) is 31.6. The number of aromatic nitrogens is 3. The first kappa shape index (κ1) is 25.3. The van der Waals surface area contributed by atoms with E-state index >= 15 is 0 Å². The van der Waals surface area contributed by atoms with Crippen molar-refractivity contribution in [1.29, 1.82) is 0 Å². The summed E-state index contributed by atoms with van der Waals surface area (Å²) in [6.07, 6.45) is 2.92. The van der Waals surface area contributed by atoms with Crippen molar-refractivity contribution >= 4 is 68.9 Å². The number of halogens is 3. The Balaban J connectivity index is 1.56. The number of amides is 1. The Kier molecular flexibility index (Phi) is 7.25. The van der Waals surface area contributed by atoms with Gasteiger partial charge in [0.1, 0.15) is 11.6 Å². The Hall–Kier alpha value is -3.31. The van der Waals surface area contributed by atoms with E-state index in [0.29, 0.717) is 31.8 Å². The lowest BCUT2D eigenvalue weighted by Crippen LogP contribution is -2.29. The topological polar surface area (TPSA) is 96.3 Å². The fraction of sp³-hybridized carbons (Fsp3) is 0.0800. The van der Waals surface area contributed by atoms with E-state index in [1.54, 1.807) is 30.3 Å². The lowest BCUT2D eigenvalue weighted by Gasteiger charge is -2.22. The maximum absolute atomic E-state index is 14.0. The van der Waals surface area contributed by atoms with Crippen molar-refractivity contribution < 1.29 is 19.1 Å². The minimum Gasteiger partial charge on any atom is -0.507 e. The molecule has 1 saturated heterocycles. The van der Waals surface area contributed by atoms with Crippen LogP contribution in [0.4, 0.5) is 9.52 Å². The highest BCUT2D eigenvalue weighted by atomic mass is 35.5. The Labute approximate surface area is 228 Å². The van der Waals surface area contributed by atoms with Crippen LogP contribution in [0.5, 0.6) is 0 Å². The Morgan fingerprint density at radius 3 is 2.54 bits per heavy atom. The van der Waals surface area contributed by atoms with E-state index in [-0.39, 0.29) is 27.3 Å². The van der Waals surface area contributed by atoms with E-state index in [9.17, 15) is 19.1 Å². The third-order valence-electron chi connectivity index (χ3n) is 5.57. The lowest BCUT2D eigenvalue weighted by atomic mass is 9.96. The molecule has 0 spiro atoms. The highest BCUT2D eigenvalue weighted by Crippen LogP contribution is 2.45. The van der Waals surface area contributed by atoms with Crippen LogP contribution in [0.1, 0.15) is 22.7 Å². The Morgan fingerprint density at radius 2 is 1.81 bits per heavy atom. The summed E-state index contributed by atoms with van der Waals surface area (Å²) >= 11 is 14.7. The molecule has 0 bridgehead atoms. The summed E-state index contributed by atoms with van der Waals surface area (Å²) in [5, 5.41) is 20.0. The highest BCUT2D eigenvalue weighted by molar-refractivity contribution is 8.00. The molecule has 37 heavy (non-hydrogen) atoms. The summed E-state index contributed by atoms with van der Waals surface area (Å²) in [6.45, 7) is 0. The van der Waals surface area contributed by atoms with Crippen molar-refractivity contribution in [2.45, 2.75) is 16.1 Å². The quantitative estimate of drug-likeness (QED) is 0.0951. The molecule has 0 aliphatic carbocycles. The van der Waals surface area contributed by atoms with E-state index in [1.165, 1.54) is 53.3 Å². The van der Waals surface area contributed by atoms with Gasteiger partial charge in [0.05, 0.1) is 21.7 Å². The molecule has 7 nitrogen and oxygen atoms in total. The van der Waals surface area contributed by atoms with Crippen molar-refractivity contribution in [2.75, 3.05) is 4.90 Å². The number of thioether (sulfide) groups is 1. The molecule has 1 unspecified atom stereocenters. The molecule has 2 aromatic heterocycles. The van der Waals surface area contributed by atoms with Gasteiger partial charge in [-0.3, -0.25) is 19.5 Å². The first-order valence-electron chi connectivity index (χ1n) is 10.7. The monoisotopic (exact) mass is 572 g/mol. The number of ketones is 1. The molecule has 4 aromatic rings. The van der Waals surface area contributed by atoms with E-state index in [4.69, 9.17) is 23.2 Å². The zero-order valence-electron chi connectivity index (χ0n) is 18.6. The van der Waals surface area contributed by atoms with Crippen molar-refractivity contribution in [3.8, 4) is 0 Å². The molecule has 1 fully saturated rings. The van der Waals surface area contributed by atoms with Crippen LogP contribution in [-0.4, -0.2) is 32.0 Å². The third kappa shape index (κ3) is 4.97. The number of benzene rings is 2. The largest absolute Gasteiger partial charge is 0.507 e. The number of aliphatic hydroxyl groups is 1. The zero-order chi connectivity index (χ0) is 26.1. The normalized spacial score (nSPS) is 16.9. The number of pyridine rings is 1. The van der Waals surface area contributed by atoms with Gasteiger partial charge in [-0.05, 0) is 41.5 Å². The molecule has 1 aliphatic rings. The van der Waals surface area contributed by atoms with Crippen molar-refractivity contribution in [3.63, 3.8) is 0 Å². The summed E-state index contributed by atoms with van der Waals surface area (Å²) in [6, 6.07) is 13.1. The number of anilines is 1. The Morgan fingerprint density at radius 1 is 1.05 bits per heavy atom. The predicted molar refractivity (Wildman–Crippen MR) is 141 cm³/mol. The van der Waals surface area contributed by atoms with Crippen LogP contribution in [0.2, 0.25) is 10.0 Å². The predicted octanol–water partition coefficient (Wildman–Crippen LogP) is 6.30. The number of aliphatic hydroxyl groups excluding tert-OH is 1. The molecule has 0 radical (unpaired) electrons. The van der Waals surface area contributed by atoms with Gasteiger partial charge < -0.3 is 5.11 Å². The van der Waals surface area contributed by atoms with Gasteiger partial charge >= 0.3 is 5.91 Å². The molecule has 3 heterocycles. The van der Waals surface area contributed by atoms with Crippen molar-refractivity contribution in [2.24, 2.45) is 0 Å². The molecule has 1 aliphatic heterocycles. The van der Waals surface area contributed by atoms with Crippen LogP contribution in [-0.2, 0) is 15.3 Å². The van der Waals surface area contributed by atoms with Gasteiger partial charge in [-0.25, -0.2) is 4.39 Å². The number of hydrogen-bond donors (Lipinski definition) is 1. The third-order valence-corrected chi connectivity index (χ3v) is 8.41. The van der Waals surface area contributed by atoms with Gasteiger partial charge in [0.15, 0.2) is 4.34 Å². The summed E-state index contributed by atoms with van der Waals surface area (Å²) in [7, 11) is 0. The number of rotatable bonds is 6. The maximum Gasteiger partial charge on any atom is 0.301 e. The second-order valence-electron chi connectivity index (χ2n) is 7.81. The summed E-state index contributed by atoms with van der Waals surface area (Å²) in [5.74, 6) is -2.16. The molecule has 5 rings (SSSR count). The fourth-order valence-electron chi connectivity index (χ4n) is 3.81. The highest BCUT2D eigenvalue weighted by Gasteiger charge is 2.48. The summed E-state index contributed by atoms with van der Waals surface area (Å²) < 4.78 is 14.5. The van der Waals surface area contributed by atoms with Gasteiger partial charge in [0.25, 0.3) is 5.78 Å². The molecule has 12 heteroatoms. The van der Waals surface area contributed by atoms with Gasteiger partial charge in [-0.2, -0.15) is 0 Å². The number of Topliss-reactive ketones (excluding diaryl/α,β-unsaturated/α-hetero) is 1. The van der Waals surface area contributed by atoms with Gasteiger partial charge in [0.2, 0.25) is 5.13 Å². The molecule has 1 amide bonds. The minimum atomic E-state index is -1.04. The van der Waals surface area contributed by atoms with Crippen LogP contribution in [0.25, 0.3) is 5.76 Å². The number of carbonyl (C=O) groups is 2. The van der Waals surface area contributed by atoms with E-state index < -0.39 is 17.7 Å². The second-order valence-corrected chi connectivity index (χ2v) is 10.8. The SMILES string of the molecule is O=C1C(=O)N(c2nnc(SCc3ccccc3F)s2)C(c2ccc(Cl)c(Cl)c2)/C1=C(\O)c1ccncc1. The summed E-state index contributed by atoms with van der Waals surface area (Å²) in [5.41, 5.74) is 1.12. The first-order valence-corrected chi connectivity index (χ1v) is 13.3. The molecule has 186 valence electrons. The number of carbonyl (C=O) groups excluding carboxylic acids is 2.